The Labute approximate surface area is 160 Å². The molecule has 0 aliphatic carbocycles. The number of hydrogen-bond acceptors (Lipinski definition) is 7. The fourth-order valence-corrected chi connectivity index (χ4v) is 2.30. The molecule has 1 rings (SSSR count). The summed E-state index contributed by atoms with van der Waals surface area (Å²) in [4.78, 5) is 0. The Morgan fingerprint density at radius 2 is 1.08 bits per heavy atom. The smallest absolute Gasteiger partial charge is 0.138 e. The first-order chi connectivity index (χ1) is 12.3. The Morgan fingerprint density at radius 1 is 0.640 bits per heavy atom. The molecule has 0 unspecified atom stereocenters. The molecule has 0 spiro atoms. The van der Waals surface area contributed by atoms with Crippen molar-refractivity contribution in [1.29, 1.82) is 0 Å². The van der Waals surface area contributed by atoms with Gasteiger partial charge in [-0.1, -0.05) is 0 Å². The Hall–Kier alpha value is 0.300. The van der Waals surface area contributed by atoms with Crippen LogP contribution in [-0.2, 0) is 33.2 Å². The molecule has 0 aromatic rings. The van der Waals surface area contributed by atoms with E-state index in [1.165, 1.54) is 0 Å². The van der Waals surface area contributed by atoms with Crippen LogP contribution in [0, 0.1) is 0 Å². The quantitative estimate of drug-likeness (QED) is 0.468. The highest BCUT2D eigenvalue weighted by Gasteiger charge is 2.33. The van der Waals surface area contributed by atoms with Gasteiger partial charge < -0.3 is 33.2 Å². The zero-order valence-electron chi connectivity index (χ0n) is 14.7. The average molecular weight is 405 g/mol. The lowest BCUT2D eigenvalue weighted by atomic mass is 10.1. The molecule has 9 heteroatoms. The maximum atomic E-state index is 5.92. The zero-order chi connectivity index (χ0) is 18.1. The second-order valence-electron chi connectivity index (χ2n) is 5.40. The standard InChI is InChI=1S/C16H30Cl2O7/c17-1-3-22-13-16(25-4-2-18)14-23-11-9-20-7-5-19-6-8-21-10-12-24-15-16/h1-15H2. The van der Waals surface area contributed by atoms with E-state index < -0.39 is 5.60 Å². The third kappa shape index (κ3) is 12.3. The van der Waals surface area contributed by atoms with Crippen LogP contribution in [-0.4, -0.2) is 103 Å². The Bertz CT molecular complexity index is 282. The molecule has 0 amide bonds. The van der Waals surface area contributed by atoms with Gasteiger partial charge in [-0.2, -0.15) is 0 Å². The van der Waals surface area contributed by atoms with Crippen LogP contribution in [0.2, 0.25) is 0 Å². The van der Waals surface area contributed by atoms with E-state index in [4.69, 9.17) is 56.4 Å². The molecular formula is C16H30Cl2O7. The highest BCUT2D eigenvalue weighted by atomic mass is 35.5. The monoisotopic (exact) mass is 404 g/mol. The maximum absolute atomic E-state index is 5.92. The minimum atomic E-state index is -0.735. The van der Waals surface area contributed by atoms with Gasteiger partial charge in [-0.3, -0.25) is 0 Å². The summed E-state index contributed by atoms with van der Waals surface area (Å²) in [6.07, 6.45) is 0. The van der Waals surface area contributed by atoms with Crippen LogP contribution in [0.3, 0.4) is 0 Å². The number of halogens is 2. The number of hydrogen-bond donors (Lipinski definition) is 0. The molecule has 1 saturated heterocycles. The highest BCUT2D eigenvalue weighted by Crippen LogP contribution is 2.15. The van der Waals surface area contributed by atoms with Crippen LogP contribution in [0.15, 0.2) is 0 Å². The van der Waals surface area contributed by atoms with E-state index in [0.717, 1.165) is 0 Å². The molecule has 150 valence electrons. The van der Waals surface area contributed by atoms with Crippen molar-refractivity contribution < 1.29 is 33.2 Å². The van der Waals surface area contributed by atoms with Crippen molar-refractivity contribution in [3.05, 3.63) is 0 Å². The molecule has 0 bridgehead atoms. The molecule has 0 aromatic heterocycles. The zero-order valence-corrected chi connectivity index (χ0v) is 16.2. The molecule has 1 aliphatic heterocycles. The fourth-order valence-electron chi connectivity index (χ4n) is 2.11. The summed E-state index contributed by atoms with van der Waals surface area (Å²) in [5.74, 6) is 0.792. The Balaban J connectivity index is 2.55. The second-order valence-corrected chi connectivity index (χ2v) is 6.16. The molecule has 1 fully saturated rings. The Kier molecular flexibility index (Phi) is 15.4. The van der Waals surface area contributed by atoms with Crippen molar-refractivity contribution in [3.8, 4) is 0 Å². The molecule has 1 heterocycles. The second kappa shape index (κ2) is 16.5. The largest absolute Gasteiger partial charge is 0.377 e. The normalized spacial score (nSPS) is 21.8. The van der Waals surface area contributed by atoms with Crippen molar-refractivity contribution in [2.75, 3.05) is 97.6 Å². The van der Waals surface area contributed by atoms with Gasteiger partial charge in [-0.15, -0.1) is 23.2 Å². The number of ether oxygens (including phenoxy) is 7. The summed E-state index contributed by atoms with van der Waals surface area (Å²) in [6, 6.07) is 0. The minimum Gasteiger partial charge on any atom is -0.377 e. The van der Waals surface area contributed by atoms with Crippen LogP contribution < -0.4 is 0 Å². The predicted molar refractivity (Wildman–Crippen MR) is 95.0 cm³/mol. The van der Waals surface area contributed by atoms with E-state index in [1.807, 2.05) is 0 Å². The molecule has 25 heavy (non-hydrogen) atoms. The summed E-state index contributed by atoms with van der Waals surface area (Å²) in [6.45, 7) is 5.73. The van der Waals surface area contributed by atoms with Gasteiger partial charge in [0.2, 0.25) is 0 Å². The van der Waals surface area contributed by atoms with Gasteiger partial charge in [-0.25, -0.2) is 0 Å². The van der Waals surface area contributed by atoms with Crippen molar-refractivity contribution in [2.24, 2.45) is 0 Å². The van der Waals surface area contributed by atoms with Crippen molar-refractivity contribution >= 4 is 23.2 Å². The minimum absolute atomic E-state index is 0.312. The molecule has 0 N–H and O–H groups in total. The van der Waals surface area contributed by atoms with Gasteiger partial charge in [0.15, 0.2) is 0 Å². The number of rotatable bonds is 7. The van der Waals surface area contributed by atoms with Gasteiger partial charge in [0, 0.05) is 11.8 Å². The number of alkyl halides is 2. The van der Waals surface area contributed by atoms with Gasteiger partial charge in [0.25, 0.3) is 0 Å². The van der Waals surface area contributed by atoms with Crippen molar-refractivity contribution in [1.82, 2.24) is 0 Å². The first-order valence-electron chi connectivity index (χ1n) is 8.55. The topological polar surface area (TPSA) is 64.6 Å². The van der Waals surface area contributed by atoms with E-state index in [1.54, 1.807) is 0 Å². The fraction of sp³-hybridized carbons (Fsp3) is 1.00. The van der Waals surface area contributed by atoms with Crippen molar-refractivity contribution in [2.45, 2.75) is 5.60 Å². The van der Waals surface area contributed by atoms with Crippen LogP contribution in [0.1, 0.15) is 0 Å². The molecule has 0 atom stereocenters. The SMILES string of the molecule is ClCCOCC1(OCCCl)COCCOCCOCCOCCOC1. The molecule has 0 aromatic carbocycles. The predicted octanol–water partition coefficient (Wildman–Crippen LogP) is 1.33. The lowest BCUT2D eigenvalue weighted by Gasteiger charge is -2.33. The summed E-state index contributed by atoms with van der Waals surface area (Å²) < 4.78 is 39.2. The summed E-state index contributed by atoms with van der Waals surface area (Å²) in [7, 11) is 0. The van der Waals surface area contributed by atoms with E-state index >= 15 is 0 Å². The lowest BCUT2D eigenvalue weighted by molar-refractivity contribution is -0.167. The maximum Gasteiger partial charge on any atom is 0.138 e. The molecular weight excluding hydrogens is 375 g/mol. The van der Waals surface area contributed by atoms with E-state index in [0.29, 0.717) is 97.6 Å². The molecule has 0 saturated carbocycles. The third-order valence-corrected chi connectivity index (χ3v) is 3.60. The van der Waals surface area contributed by atoms with Gasteiger partial charge in [0.05, 0.1) is 85.9 Å². The first kappa shape index (κ1) is 23.3. The lowest BCUT2D eigenvalue weighted by Crippen LogP contribution is -2.48. The van der Waals surface area contributed by atoms with E-state index in [2.05, 4.69) is 0 Å². The van der Waals surface area contributed by atoms with E-state index in [-0.39, 0.29) is 0 Å². The summed E-state index contributed by atoms with van der Waals surface area (Å²) in [5.41, 5.74) is -0.735. The van der Waals surface area contributed by atoms with Crippen LogP contribution in [0.5, 0.6) is 0 Å². The first-order valence-corrected chi connectivity index (χ1v) is 9.62. The molecule has 7 nitrogen and oxygen atoms in total. The third-order valence-electron chi connectivity index (χ3n) is 3.29. The van der Waals surface area contributed by atoms with Crippen molar-refractivity contribution in [3.63, 3.8) is 0 Å². The van der Waals surface area contributed by atoms with Crippen LogP contribution >= 0.6 is 23.2 Å². The van der Waals surface area contributed by atoms with E-state index in [9.17, 15) is 0 Å². The van der Waals surface area contributed by atoms with Crippen LogP contribution in [0.25, 0.3) is 0 Å². The van der Waals surface area contributed by atoms with Gasteiger partial charge in [-0.05, 0) is 0 Å². The Morgan fingerprint density at radius 3 is 1.52 bits per heavy atom. The van der Waals surface area contributed by atoms with Gasteiger partial charge >= 0.3 is 0 Å². The summed E-state index contributed by atoms with van der Waals surface area (Å²) in [5, 5.41) is 0. The summed E-state index contributed by atoms with van der Waals surface area (Å²) >= 11 is 11.5. The molecule has 0 radical (unpaired) electrons. The van der Waals surface area contributed by atoms with Gasteiger partial charge in [0.1, 0.15) is 5.60 Å². The average Bonchev–Trinajstić information content (AvgIpc) is 2.62. The van der Waals surface area contributed by atoms with Crippen LogP contribution in [0.4, 0.5) is 0 Å². The molecule has 1 aliphatic rings. The highest BCUT2D eigenvalue weighted by molar-refractivity contribution is 6.18.